The predicted molar refractivity (Wildman–Crippen MR) is 117 cm³/mol. The van der Waals surface area contributed by atoms with Gasteiger partial charge in [-0.1, -0.05) is 48.0 Å². The minimum absolute atomic E-state index is 0.135. The number of H-pyrrole nitrogens is 1. The summed E-state index contributed by atoms with van der Waals surface area (Å²) in [5.74, 6) is -0.135. The van der Waals surface area contributed by atoms with Gasteiger partial charge in [0, 0.05) is 17.5 Å². The van der Waals surface area contributed by atoms with E-state index in [9.17, 15) is 4.79 Å². The van der Waals surface area contributed by atoms with Gasteiger partial charge in [0.15, 0.2) is 0 Å². The highest BCUT2D eigenvalue weighted by atomic mass is 16.1. The smallest absolute Gasteiger partial charge is 0.251 e. The van der Waals surface area contributed by atoms with Crippen LogP contribution in [0, 0.1) is 13.8 Å². The van der Waals surface area contributed by atoms with Crippen molar-refractivity contribution in [3.8, 4) is 11.1 Å². The zero-order valence-electron chi connectivity index (χ0n) is 16.6. The number of hydrogen-bond donors (Lipinski definition) is 3. The molecule has 1 amide bonds. The van der Waals surface area contributed by atoms with E-state index in [-0.39, 0.29) is 11.9 Å². The number of hydrogen-bond acceptors (Lipinski definition) is 3. The highest BCUT2D eigenvalue weighted by molar-refractivity contribution is 5.96. The number of aromatic amines is 1. The first-order valence-corrected chi connectivity index (χ1v) is 9.68. The summed E-state index contributed by atoms with van der Waals surface area (Å²) in [5, 5.41) is 11.4. The highest BCUT2D eigenvalue weighted by Gasteiger charge is 2.15. The molecule has 0 fully saturated rings. The zero-order chi connectivity index (χ0) is 20.4. The number of carbonyl (C=O) groups is 1. The maximum absolute atomic E-state index is 12.9. The average molecular weight is 384 g/mol. The lowest BCUT2D eigenvalue weighted by Crippen LogP contribution is -2.33. The largest absolute Gasteiger partial charge is 0.344 e. The summed E-state index contributed by atoms with van der Waals surface area (Å²) in [5.41, 5.74) is 12.7. The molecule has 0 spiro atoms. The van der Waals surface area contributed by atoms with Crippen molar-refractivity contribution in [1.82, 2.24) is 15.5 Å². The Balaban J connectivity index is 1.60. The van der Waals surface area contributed by atoms with Crippen molar-refractivity contribution in [1.29, 1.82) is 0 Å². The third kappa shape index (κ3) is 3.91. The maximum atomic E-state index is 12.9. The van der Waals surface area contributed by atoms with Gasteiger partial charge in [-0.2, -0.15) is 5.10 Å². The second-order valence-corrected chi connectivity index (χ2v) is 7.33. The Morgan fingerprint density at radius 1 is 1.03 bits per heavy atom. The normalized spacial score (nSPS) is 12.1. The minimum atomic E-state index is -0.226. The zero-order valence-corrected chi connectivity index (χ0v) is 16.6. The Morgan fingerprint density at radius 2 is 1.83 bits per heavy atom. The first-order valence-electron chi connectivity index (χ1n) is 9.68. The summed E-state index contributed by atoms with van der Waals surface area (Å²) in [7, 11) is 0. The second kappa shape index (κ2) is 7.89. The van der Waals surface area contributed by atoms with E-state index >= 15 is 0 Å². The molecule has 0 radical (unpaired) electrons. The third-order valence-electron chi connectivity index (χ3n) is 5.20. The SMILES string of the molecule is Cc1cccc([C@H](CN)NC(=O)c2cccc(-c3ccc4[nH]nc(C)c4c3)c2)c1. The molecule has 1 aromatic heterocycles. The standard InChI is InChI=1S/C24H24N4O/c1-15-5-3-7-19(11-15)23(14-25)26-24(29)20-8-4-6-17(12-20)18-9-10-22-21(13-18)16(2)27-28-22/h3-13,23H,14,25H2,1-2H3,(H,26,29)(H,27,28)/t23-/m0/s1. The number of rotatable bonds is 5. The Bertz CT molecular complexity index is 1180. The van der Waals surface area contributed by atoms with Gasteiger partial charge in [0.05, 0.1) is 17.3 Å². The molecule has 0 aliphatic heterocycles. The fourth-order valence-electron chi connectivity index (χ4n) is 3.57. The van der Waals surface area contributed by atoms with Gasteiger partial charge < -0.3 is 11.1 Å². The fraction of sp³-hybridized carbons (Fsp3) is 0.167. The van der Waals surface area contributed by atoms with Crippen molar-refractivity contribution in [3.63, 3.8) is 0 Å². The summed E-state index contributed by atoms with van der Waals surface area (Å²) in [6, 6.07) is 21.6. The van der Waals surface area contributed by atoms with Crippen LogP contribution in [0.25, 0.3) is 22.0 Å². The van der Waals surface area contributed by atoms with Crippen LogP contribution in [0.15, 0.2) is 66.7 Å². The van der Waals surface area contributed by atoms with E-state index in [2.05, 4.69) is 27.6 Å². The van der Waals surface area contributed by atoms with E-state index in [1.54, 1.807) is 0 Å². The molecule has 4 rings (SSSR count). The summed E-state index contributed by atoms with van der Waals surface area (Å²) < 4.78 is 0. The van der Waals surface area contributed by atoms with Crippen LogP contribution < -0.4 is 11.1 Å². The lowest BCUT2D eigenvalue weighted by molar-refractivity contribution is 0.0938. The molecule has 0 bridgehead atoms. The van der Waals surface area contributed by atoms with Gasteiger partial charge in [-0.05, 0) is 54.8 Å². The van der Waals surface area contributed by atoms with E-state index in [0.29, 0.717) is 12.1 Å². The van der Waals surface area contributed by atoms with Gasteiger partial charge in [-0.3, -0.25) is 9.89 Å². The number of aromatic nitrogens is 2. The quantitative estimate of drug-likeness (QED) is 0.480. The fourth-order valence-corrected chi connectivity index (χ4v) is 3.57. The second-order valence-electron chi connectivity index (χ2n) is 7.33. The summed E-state index contributed by atoms with van der Waals surface area (Å²) in [6.45, 7) is 4.34. The van der Waals surface area contributed by atoms with Gasteiger partial charge in [-0.15, -0.1) is 0 Å². The molecule has 4 N–H and O–H groups in total. The first kappa shape index (κ1) is 18.9. The molecule has 1 atom stereocenters. The molecule has 3 aromatic carbocycles. The lowest BCUT2D eigenvalue weighted by Gasteiger charge is -2.18. The monoisotopic (exact) mass is 384 g/mol. The Morgan fingerprint density at radius 3 is 2.62 bits per heavy atom. The van der Waals surface area contributed by atoms with Gasteiger partial charge >= 0.3 is 0 Å². The molecular weight excluding hydrogens is 360 g/mol. The number of nitrogens with one attached hydrogen (secondary N) is 2. The first-order chi connectivity index (χ1) is 14.0. The predicted octanol–water partition coefficient (Wildman–Crippen LogP) is 4.28. The molecule has 0 saturated heterocycles. The molecule has 0 aliphatic rings. The molecule has 4 aromatic rings. The van der Waals surface area contributed by atoms with E-state index in [4.69, 9.17) is 5.73 Å². The number of nitrogens with zero attached hydrogens (tertiary/aromatic N) is 1. The van der Waals surface area contributed by atoms with Crippen LogP contribution >= 0.6 is 0 Å². The van der Waals surface area contributed by atoms with Crippen LogP contribution in [0.5, 0.6) is 0 Å². The number of aryl methyl sites for hydroxylation is 2. The molecule has 0 unspecified atom stereocenters. The van der Waals surface area contributed by atoms with Crippen molar-refractivity contribution in [2.24, 2.45) is 5.73 Å². The van der Waals surface area contributed by atoms with Crippen LogP contribution in [-0.4, -0.2) is 22.6 Å². The lowest BCUT2D eigenvalue weighted by atomic mass is 10.00. The van der Waals surface area contributed by atoms with Crippen molar-refractivity contribution in [3.05, 3.63) is 89.1 Å². The van der Waals surface area contributed by atoms with Crippen molar-refractivity contribution < 1.29 is 4.79 Å². The number of fused-ring (bicyclic) bond motifs is 1. The van der Waals surface area contributed by atoms with Gasteiger partial charge in [-0.25, -0.2) is 0 Å². The summed E-state index contributed by atoms with van der Waals surface area (Å²) in [4.78, 5) is 12.9. The Kier molecular flexibility index (Phi) is 5.14. The van der Waals surface area contributed by atoms with Crippen molar-refractivity contribution in [2.75, 3.05) is 6.54 Å². The van der Waals surface area contributed by atoms with Gasteiger partial charge in [0.25, 0.3) is 5.91 Å². The van der Waals surface area contributed by atoms with Gasteiger partial charge in [0.1, 0.15) is 0 Å². The van der Waals surface area contributed by atoms with Crippen LogP contribution in [0.1, 0.15) is 33.2 Å². The minimum Gasteiger partial charge on any atom is -0.344 e. The Hall–Kier alpha value is -3.44. The average Bonchev–Trinajstić information content (AvgIpc) is 3.12. The molecule has 146 valence electrons. The molecular formula is C24H24N4O. The topological polar surface area (TPSA) is 83.8 Å². The molecule has 0 saturated carbocycles. The summed E-state index contributed by atoms with van der Waals surface area (Å²) >= 11 is 0. The van der Waals surface area contributed by atoms with Crippen molar-refractivity contribution in [2.45, 2.75) is 19.9 Å². The highest BCUT2D eigenvalue weighted by Crippen LogP contribution is 2.26. The van der Waals surface area contributed by atoms with E-state index in [1.807, 2.05) is 68.4 Å². The maximum Gasteiger partial charge on any atom is 0.251 e. The Labute approximate surface area is 170 Å². The number of benzene rings is 3. The molecule has 1 heterocycles. The molecule has 0 aliphatic carbocycles. The van der Waals surface area contributed by atoms with Crippen LogP contribution in [0.3, 0.4) is 0 Å². The molecule has 5 heteroatoms. The van der Waals surface area contributed by atoms with Crippen LogP contribution in [0.2, 0.25) is 0 Å². The molecule has 5 nitrogen and oxygen atoms in total. The van der Waals surface area contributed by atoms with Crippen LogP contribution in [-0.2, 0) is 0 Å². The van der Waals surface area contributed by atoms with Crippen molar-refractivity contribution >= 4 is 16.8 Å². The number of carbonyl (C=O) groups excluding carboxylic acids is 1. The number of nitrogens with two attached hydrogens (primary N) is 1. The van der Waals surface area contributed by atoms with E-state index in [1.165, 1.54) is 0 Å². The molecule has 29 heavy (non-hydrogen) atoms. The van der Waals surface area contributed by atoms with E-state index in [0.717, 1.165) is 38.9 Å². The summed E-state index contributed by atoms with van der Waals surface area (Å²) in [6.07, 6.45) is 0. The van der Waals surface area contributed by atoms with Gasteiger partial charge in [0.2, 0.25) is 0 Å². The third-order valence-corrected chi connectivity index (χ3v) is 5.20. The van der Waals surface area contributed by atoms with E-state index < -0.39 is 0 Å². The van der Waals surface area contributed by atoms with Crippen LogP contribution in [0.4, 0.5) is 0 Å². The number of amides is 1.